The van der Waals surface area contributed by atoms with E-state index < -0.39 is 114 Å². The van der Waals surface area contributed by atoms with Gasteiger partial charge in [0, 0.05) is 11.8 Å². The van der Waals surface area contributed by atoms with Gasteiger partial charge in [0.1, 0.15) is 18.3 Å². The van der Waals surface area contributed by atoms with Crippen molar-refractivity contribution in [1.82, 2.24) is 4.90 Å². The molecular weight excluding hydrogens is 859 g/mol. The number of nitrogens with zero attached hydrogens (tertiary/aromatic N) is 1. The number of esters is 1. The number of benzene rings is 1. The van der Waals surface area contributed by atoms with Crippen LogP contribution in [0.4, 0.5) is 9.59 Å². The van der Waals surface area contributed by atoms with E-state index in [1.807, 2.05) is 77.0 Å². The van der Waals surface area contributed by atoms with Crippen LogP contribution in [0.25, 0.3) is 0 Å². The third kappa shape index (κ3) is 12.6. The molecular formula is C49H77NO16. The smallest absolute Gasteiger partial charge is 0.459 e. The molecule has 0 amide bonds. The van der Waals surface area contributed by atoms with E-state index in [0.717, 1.165) is 5.56 Å². The summed E-state index contributed by atoms with van der Waals surface area (Å²) in [6.45, 7) is 21.4. The lowest BCUT2D eigenvalue weighted by Crippen LogP contribution is -2.64. The van der Waals surface area contributed by atoms with Crippen molar-refractivity contribution in [3.05, 3.63) is 47.5 Å². The lowest BCUT2D eigenvalue weighted by atomic mass is 9.72. The van der Waals surface area contributed by atoms with E-state index in [1.165, 1.54) is 7.11 Å². The molecule has 4 aliphatic rings. The summed E-state index contributed by atoms with van der Waals surface area (Å²) in [5.41, 5.74) is -1.98. The number of likely N-dealkylation sites (N-methyl/N-ethyl adjacent to an activating group) is 1. The molecule has 18 atom stereocenters. The molecule has 0 aromatic heterocycles. The van der Waals surface area contributed by atoms with E-state index >= 15 is 0 Å². The minimum Gasteiger partial charge on any atom is -0.459 e. The van der Waals surface area contributed by atoms with E-state index in [4.69, 9.17) is 52.1 Å². The topological polar surface area (TPSA) is 196 Å². The maximum absolute atomic E-state index is 14.7. The summed E-state index contributed by atoms with van der Waals surface area (Å²) in [4.78, 5) is 42.2. The number of fused-ring (bicyclic) bond motifs is 2. The van der Waals surface area contributed by atoms with Crippen LogP contribution in [0.1, 0.15) is 108 Å². The number of carbonyl (C=O) groups is 3. The highest BCUT2D eigenvalue weighted by Crippen LogP contribution is 2.45. The third-order valence-electron chi connectivity index (χ3n) is 13.7. The third-order valence-corrected chi connectivity index (χ3v) is 13.7. The van der Waals surface area contributed by atoms with Crippen molar-refractivity contribution < 1.29 is 76.7 Å². The quantitative estimate of drug-likeness (QED) is 0.143. The second-order valence-corrected chi connectivity index (χ2v) is 20.1. The monoisotopic (exact) mass is 936 g/mol. The van der Waals surface area contributed by atoms with Gasteiger partial charge in [-0.1, -0.05) is 58.0 Å². The highest BCUT2D eigenvalue weighted by molar-refractivity contribution is 5.73. The van der Waals surface area contributed by atoms with E-state index in [-0.39, 0.29) is 37.5 Å². The zero-order valence-electron chi connectivity index (χ0n) is 41.6. The molecule has 0 aliphatic carbocycles. The molecule has 17 nitrogen and oxygen atoms in total. The Morgan fingerprint density at radius 3 is 2.15 bits per heavy atom. The van der Waals surface area contributed by atoms with Crippen molar-refractivity contribution in [2.75, 3.05) is 21.2 Å². The average Bonchev–Trinajstić information content (AvgIpc) is 3.24. The van der Waals surface area contributed by atoms with Gasteiger partial charge in [0.05, 0.1) is 61.3 Å². The predicted molar refractivity (Wildman–Crippen MR) is 240 cm³/mol. The first-order valence-corrected chi connectivity index (χ1v) is 23.4. The highest BCUT2D eigenvalue weighted by atomic mass is 16.8. The Morgan fingerprint density at radius 2 is 1.55 bits per heavy atom. The Labute approximate surface area is 390 Å². The molecule has 0 saturated carbocycles. The molecule has 0 spiro atoms. The Morgan fingerprint density at radius 1 is 0.879 bits per heavy atom. The molecule has 3 saturated heterocycles. The number of cyclic esters (lactones) is 1. The van der Waals surface area contributed by atoms with Gasteiger partial charge in [-0.2, -0.15) is 0 Å². The van der Waals surface area contributed by atoms with Gasteiger partial charge < -0.3 is 67.2 Å². The normalized spacial score (nSPS) is 41.1. The van der Waals surface area contributed by atoms with E-state index in [1.54, 1.807) is 61.5 Å². The van der Waals surface area contributed by atoms with Gasteiger partial charge in [-0.25, -0.2) is 9.59 Å². The molecule has 2 N–H and O–H groups in total. The lowest BCUT2D eigenvalue weighted by molar-refractivity contribution is -0.360. The Bertz CT molecular complexity index is 1800. The van der Waals surface area contributed by atoms with Crippen molar-refractivity contribution >= 4 is 18.3 Å². The van der Waals surface area contributed by atoms with Crippen LogP contribution in [0.5, 0.6) is 0 Å². The minimum atomic E-state index is -1.72. The summed E-state index contributed by atoms with van der Waals surface area (Å²) in [6.07, 6.45) is -9.20. The fourth-order valence-corrected chi connectivity index (χ4v) is 10.4. The van der Waals surface area contributed by atoms with Crippen molar-refractivity contribution in [3.63, 3.8) is 0 Å². The number of aliphatic hydroxyl groups is 2. The second-order valence-electron chi connectivity index (χ2n) is 20.1. The number of methoxy groups -OCH3 is 1. The van der Waals surface area contributed by atoms with Gasteiger partial charge in [0.2, 0.25) is 0 Å². The summed E-state index contributed by atoms with van der Waals surface area (Å²) in [5.74, 6) is -4.57. The van der Waals surface area contributed by atoms with Gasteiger partial charge in [0.25, 0.3) is 0 Å². The molecule has 5 rings (SSSR count). The molecule has 0 unspecified atom stereocenters. The standard InChI is InChI=1S/C49H77NO16/c1-16-35-49(12,55)42-29(5)37(65-47(9,10)66-42)27(3)24-48(11,54)41(64-44-40(63-45(52)56-15)34(50(13)14)23-28(4)58-44)30(6)39(31(7)43(51)60-35)61-36-22-26(2)38(32(8)59-36)62-46(53)57-25-33-20-18-17-19-21-33/h17-22,27-32,34-42,44,54-55H,16,23-25H2,1-15H3/t27-,28-,29+,30+,31-,32+,34+,35-,36-,37+,38-,39+,40-,41-,42-,44+,48-,49-/m1/s1. The molecule has 17 heteroatoms. The highest BCUT2D eigenvalue weighted by Gasteiger charge is 2.57. The molecule has 4 aliphatic heterocycles. The molecule has 2 bridgehead atoms. The molecule has 4 heterocycles. The fourth-order valence-electron chi connectivity index (χ4n) is 10.4. The largest absolute Gasteiger partial charge is 0.509 e. The maximum Gasteiger partial charge on any atom is 0.509 e. The van der Waals surface area contributed by atoms with Gasteiger partial charge >= 0.3 is 18.3 Å². The minimum absolute atomic E-state index is 0.0261. The van der Waals surface area contributed by atoms with Crippen LogP contribution in [0.15, 0.2) is 42.0 Å². The molecule has 0 radical (unpaired) electrons. The van der Waals surface area contributed by atoms with Crippen molar-refractivity contribution in [2.24, 2.45) is 23.7 Å². The van der Waals surface area contributed by atoms with Crippen LogP contribution >= 0.6 is 0 Å². The second kappa shape index (κ2) is 21.9. The van der Waals surface area contributed by atoms with Crippen molar-refractivity contribution in [1.29, 1.82) is 0 Å². The first-order valence-electron chi connectivity index (χ1n) is 23.4. The summed E-state index contributed by atoms with van der Waals surface area (Å²) < 4.78 is 67.8. The summed E-state index contributed by atoms with van der Waals surface area (Å²) in [5, 5.41) is 25.4. The van der Waals surface area contributed by atoms with Crippen LogP contribution in [0, 0.1) is 23.7 Å². The Balaban J connectivity index is 1.57. The van der Waals surface area contributed by atoms with Crippen molar-refractivity contribution in [3.8, 4) is 0 Å². The van der Waals surface area contributed by atoms with Crippen LogP contribution in [0.2, 0.25) is 0 Å². The number of ether oxygens (including phenoxy) is 11. The maximum atomic E-state index is 14.7. The summed E-state index contributed by atoms with van der Waals surface area (Å²) in [7, 11) is 4.94. The number of rotatable bonds is 10. The van der Waals surface area contributed by atoms with Crippen LogP contribution in [-0.4, -0.2) is 145 Å². The number of carbonyl (C=O) groups excluding carboxylic acids is 3. The molecule has 3 fully saturated rings. The molecule has 1 aromatic rings. The number of hydrogen-bond donors (Lipinski definition) is 2. The fraction of sp³-hybridized carbons (Fsp3) is 0.776. The van der Waals surface area contributed by atoms with Crippen LogP contribution < -0.4 is 0 Å². The molecule has 374 valence electrons. The van der Waals surface area contributed by atoms with E-state index in [2.05, 4.69) is 0 Å². The van der Waals surface area contributed by atoms with Gasteiger partial charge in [-0.3, -0.25) is 4.79 Å². The van der Waals surface area contributed by atoms with Crippen LogP contribution in [-0.2, 0) is 63.5 Å². The first-order chi connectivity index (χ1) is 30.8. The van der Waals surface area contributed by atoms with Crippen LogP contribution in [0.3, 0.4) is 0 Å². The average molecular weight is 936 g/mol. The van der Waals surface area contributed by atoms with Gasteiger partial charge in [-0.05, 0) is 112 Å². The molecule has 66 heavy (non-hydrogen) atoms. The Kier molecular flexibility index (Phi) is 17.8. The zero-order valence-corrected chi connectivity index (χ0v) is 41.6. The van der Waals surface area contributed by atoms with Crippen molar-refractivity contribution in [2.45, 2.75) is 200 Å². The molecule has 1 aromatic carbocycles. The van der Waals surface area contributed by atoms with E-state index in [0.29, 0.717) is 12.0 Å². The SMILES string of the molecule is CC[C@H]1OC(=O)[C@H](C)[C@@H](O[C@@H]2C=C(C)[C@@H](OC(=O)OCc3ccccc3)[C@H](C)O2)[C@H](C)[C@@H](O[C@@H]2O[C@H](C)C[C@H](N(C)C)[C@H]2OC(=O)OC)[C@](C)(O)C[C@@H](C)[C@@H]2OC(C)(C)O[C@H]([C@H]2C)[C@]1(C)O. The van der Waals surface area contributed by atoms with Gasteiger partial charge in [0.15, 0.2) is 30.6 Å². The van der Waals surface area contributed by atoms with E-state index in [9.17, 15) is 24.6 Å². The Hall–Kier alpha value is -3.39. The lowest BCUT2D eigenvalue weighted by Gasteiger charge is -2.53. The predicted octanol–water partition coefficient (Wildman–Crippen LogP) is 6.68. The first kappa shape index (κ1) is 53.6. The summed E-state index contributed by atoms with van der Waals surface area (Å²) in [6, 6.07) is 8.86. The van der Waals surface area contributed by atoms with Gasteiger partial charge in [-0.15, -0.1) is 0 Å². The number of hydrogen-bond acceptors (Lipinski definition) is 17. The summed E-state index contributed by atoms with van der Waals surface area (Å²) >= 11 is 0. The zero-order chi connectivity index (χ0) is 49.1.